The highest BCUT2D eigenvalue weighted by molar-refractivity contribution is 9.09. The van der Waals surface area contributed by atoms with Gasteiger partial charge < -0.3 is 19.6 Å². The van der Waals surface area contributed by atoms with Crippen molar-refractivity contribution in [1.29, 1.82) is 0 Å². The molecule has 3 saturated heterocycles. The summed E-state index contributed by atoms with van der Waals surface area (Å²) in [5.41, 5.74) is 2.70. The van der Waals surface area contributed by atoms with Crippen LogP contribution in [0.2, 0.25) is 0 Å². The van der Waals surface area contributed by atoms with Crippen molar-refractivity contribution in [3.05, 3.63) is 54.6 Å². The van der Waals surface area contributed by atoms with Crippen LogP contribution in [-0.4, -0.2) is 74.5 Å². The molecule has 0 aliphatic carbocycles. The van der Waals surface area contributed by atoms with Gasteiger partial charge in [-0.05, 0) is 44.2 Å². The van der Waals surface area contributed by atoms with Crippen molar-refractivity contribution >= 4 is 51.2 Å². The van der Waals surface area contributed by atoms with Crippen molar-refractivity contribution in [1.82, 2.24) is 4.90 Å². The number of hydrogen-bond acceptors (Lipinski definition) is 6. The molecule has 1 N–H and O–H groups in total. The summed E-state index contributed by atoms with van der Waals surface area (Å²) in [7, 11) is 0. The molecule has 0 saturated carbocycles. The number of aryl methyl sites for hydroxylation is 2. The van der Waals surface area contributed by atoms with E-state index >= 15 is 0 Å². The fourth-order valence-corrected chi connectivity index (χ4v) is 10.1. The van der Waals surface area contributed by atoms with E-state index in [2.05, 4.69) is 29.1 Å². The van der Waals surface area contributed by atoms with E-state index in [9.17, 15) is 19.5 Å². The third kappa shape index (κ3) is 4.54. The van der Waals surface area contributed by atoms with Crippen molar-refractivity contribution in [2.75, 3.05) is 24.7 Å². The molecule has 38 heavy (non-hydrogen) atoms. The first-order valence-electron chi connectivity index (χ1n) is 13.2. The molecule has 1 aromatic carbocycles. The highest BCUT2D eigenvalue weighted by Crippen LogP contribution is 2.68. The first kappa shape index (κ1) is 28.9. The van der Waals surface area contributed by atoms with E-state index in [1.807, 2.05) is 39.0 Å². The molecule has 1 spiro atoms. The maximum atomic E-state index is 14.7. The normalized spacial score (nSPS) is 30.2. The number of carbonyl (C=O) groups is 3. The highest BCUT2D eigenvalue weighted by atomic mass is 79.9. The zero-order valence-electron chi connectivity index (χ0n) is 22.3. The largest absolute Gasteiger partial charge is 0.465 e. The van der Waals surface area contributed by atoms with Crippen LogP contribution in [0.15, 0.2) is 43.5 Å². The van der Waals surface area contributed by atoms with Crippen LogP contribution in [0.25, 0.3) is 0 Å². The van der Waals surface area contributed by atoms with Crippen molar-refractivity contribution < 1.29 is 24.2 Å². The first-order chi connectivity index (χ1) is 18.2. The number of benzene rings is 1. The van der Waals surface area contributed by atoms with Gasteiger partial charge in [0.1, 0.15) is 6.04 Å². The number of alkyl halides is 1. The molecule has 3 unspecified atom stereocenters. The van der Waals surface area contributed by atoms with Crippen LogP contribution in [0, 0.1) is 25.7 Å². The highest BCUT2D eigenvalue weighted by Gasteiger charge is 2.76. The molecule has 9 heteroatoms. The standard InChI is InChI=1S/C29H37BrN2O5S/c1-6-9-14-37-28(36)21-22-26(34)32(19(8-3)16-33)25(29(22)15-20(30)24(21)38-29)27(35)31(13-7-2)23-17(4)11-10-12-18(23)5/h6-7,10-12,19-22,24-25,33H,1-2,8-9,13-16H2,3-5H3/t19-,20?,21+,22-,24+,25?,29?/m0/s1. The molecule has 3 aliphatic heterocycles. The lowest BCUT2D eigenvalue weighted by atomic mass is 9.71. The number of amides is 2. The number of hydrogen-bond donors (Lipinski definition) is 1. The molecule has 3 heterocycles. The predicted octanol–water partition coefficient (Wildman–Crippen LogP) is 4.18. The van der Waals surface area contributed by atoms with E-state index in [1.54, 1.807) is 33.7 Å². The Kier molecular flexibility index (Phi) is 8.79. The minimum atomic E-state index is -0.836. The van der Waals surface area contributed by atoms with Gasteiger partial charge in [0.25, 0.3) is 5.91 Å². The molecule has 2 bridgehead atoms. The van der Waals surface area contributed by atoms with Crippen LogP contribution in [0.3, 0.4) is 0 Å². The summed E-state index contributed by atoms with van der Waals surface area (Å²) in [6.07, 6.45) is 4.96. The fraction of sp³-hybridized carbons (Fsp3) is 0.552. The first-order valence-corrected chi connectivity index (χ1v) is 15.0. The van der Waals surface area contributed by atoms with E-state index < -0.39 is 34.6 Å². The number of carbonyl (C=O) groups excluding carboxylic acids is 3. The van der Waals surface area contributed by atoms with Gasteiger partial charge in [0.2, 0.25) is 5.91 Å². The molecule has 3 aliphatic rings. The SMILES string of the molecule is C=CCCOC(=O)[C@H]1[C@@H]2SC3(CC2Br)C(C(=O)N(CC=C)c2c(C)cccc2C)N([C@@H](CC)CO)C(=O)[C@H]13. The molecule has 0 radical (unpaired) electrons. The summed E-state index contributed by atoms with van der Waals surface area (Å²) in [6, 6.07) is 4.51. The maximum absolute atomic E-state index is 14.7. The van der Waals surface area contributed by atoms with E-state index in [1.165, 1.54) is 0 Å². The molecular weight excluding hydrogens is 568 g/mol. The Morgan fingerprint density at radius 3 is 2.58 bits per heavy atom. The van der Waals surface area contributed by atoms with E-state index in [0.29, 0.717) is 19.3 Å². The second-order valence-electron chi connectivity index (χ2n) is 10.4. The van der Waals surface area contributed by atoms with Crippen LogP contribution < -0.4 is 4.90 Å². The molecule has 3 fully saturated rings. The minimum Gasteiger partial charge on any atom is -0.465 e. The van der Waals surface area contributed by atoms with E-state index in [-0.39, 0.29) is 41.6 Å². The quantitative estimate of drug-likeness (QED) is 0.176. The number of ether oxygens (including phenoxy) is 1. The van der Waals surface area contributed by atoms with Crippen molar-refractivity contribution in [2.45, 2.75) is 66.9 Å². The molecule has 7 nitrogen and oxygen atoms in total. The summed E-state index contributed by atoms with van der Waals surface area (Å²) in [4.78, 5) is 45.5. The predicted molar refractivity (Wildman–Crippen MR) is 154 cm³/mol. The van der Waals surface area contributed by atoms with Crippen LogP contribution in [0.4, 0.5) is 5.69 Å². The molecule has 2 amide bonds. The molecule has 206 valence electrons. The Hall–Kier alpha value is -2.10. The lowest BCUT2D eigenvalue weighted by Crippen LogP contribution is -2.58. The second-order valence-corrected chi connectivity index (χ2v) is 13.1. The second kappa shape index (κ2) is 11.6. The summed E-state index contributed by atoms with van der Waals surface area (Å²) >= 11 is 5.35. The molecule has 4 rings (SSSR count). The number of esters is 1. The van der Waals surface area contributed by atoms with Crippen molar-refractivity contribution in [2.24, 2.45) is 11.8 Å². The van der Waals surface area contributed by atoms with E-state index in [0.717, 1.165) is 16.8 Å². The maximum Gasteiger partial charge on any atom is 0.310 e. The van der Waals surface area contributed by atoms with Crippen molar-refractivity contribution in [3.63, 3.8) is 0 Å². The van der Waals surface area contributed by atoms with Gasteiger partial charge in [-0.3, -0.25) is 14.4 Å². The van der Waals surface area contributed by atoms with Gasteiger partial charge in [0, 0.05) is 22.3 Å². The Morgan fingerprint density at radius 2 is 2.00 bits per heavy atom. The number of rotatable bonds is 11. The topological polar surface area (TPSA) is 87.2 Å². The van der Waals surface area contributed by atoms with E-state index in [4.69, 9.17) is 4.74 Å². The number of likely N-dealkylation sites (tertiary alicyclic amines) is 1. The van der Waals surface area contributed by atoms with Gasteiger partial charge in [0.05, 0.1) is 35.8 Å². The summed E-state index contributed by atoms with van der Waals surface area (Å²) < 4.78 is 4.77. The van der Waals surface area contributed by atoms with Crippen LogP contribution in [0.1, 0.15) is 37.3 Å². The molecular formula is C29H37BrN2O5S. The Morgan fingerprint density at radius 1 is 1.32 bits per heavy atom. The van der Waals surface area contributed by atoms with Crippen LogP contribution in [-0.2, 0) is 19.1 Å². The minimum absolute atomic E-state index is 0.0500. The smallest absolute Gasteiger partial charge is 0.310 e. The van der Waals surface area contributed by atoms with Gasteiger partial charge in [-0.2, -0.15) is 0 Å². The zero-order valence-corrected chi connectivity index (χ0v) is 24.7. The van der Waals surface area contributed by atoms with Gasteiger partial charge in [-0.1, -0.05) is 53.2 Å². The molecule has 0 aromatic heterocycles. The number of aliphatic hydroxyl groups excluding tert-OH is 1. The Bertz CT molecular complexity index is 1100. The monoisotopic (exact) mass is 604 g/mol. The Balaban J connectivity index is 1.83. The third-order valence-corrected chi connectivity index (χ3v) is 11.4. The average molecular weight is 606 g/mol. The van der Waals surface area contributed by atoms with Gasteiger partial charge in [-0.15, -0.1) is 24.9 Å². The number of aliphatic hydroxyl groups is 1. The Labute approximate surface area is 237 Å². The van der Waals surface area contributed by atoms with Gasteiger partial charge in [-0.25, -0.2) is 0 Å². The number of halogens is 1. The van der Waals surface area contributed by atoms with Crippen LogP contribution >= 0.6 is 27.7 Å². The lowest BCUT2D eigenvalue weighted by Gasteiger charge is -2.40. The van der Waals surface area contributed by atoms with Crippen LogP contribution in [0.5, 0.6) is 0 Å². The number of anilines is 1. The summed E-state index contributed by atoms with van der Waals surface area (Å²) in [5, 5.41) is 10.1. The van der Waals surface area contributed by atoms with Crippen molar-refractivity contribution in [3.8, 4) is 0 Å². The summed E-state index contributed by atoms with van der Waals surface area (Å²) in [6.45, 7) is 13.6. The average Bonchev–Trinajstić information content (AvgIpc) is 3.47. The lowest BCUT2D eigenvalue weighted by molar-refractivity contribution is -0.154. The fourth-order valence-electron chi connectivity index (χ4n) is 6.56. The number of para-hydroxylation sites is 1. The number of nitrogens with zero attached hydrogens (tertiary/aromatic N) is 2. The number of fused-ring (bicyclic) bond motifs is 1. The molecule has 7 atom stereocenters. The summed E-state index contributed by atoms with van der Waals surface area (Å²) in [5.74, 6) is -2.22. The molecule has 1 aromatic rings. The third-order valence-electron chi connectivity index (χ3n) is 8.16. The zero-order chi connectivity index (χ0) is 27.8. The van der Waals surface area contributed by atoms with Gasteiger partial charge in [0.15, 0.2) is 0 Å². The van der Waals surface area contributed by atoms with Gasteiger partial charge >= 0.3 is 5.97 Å². The number of thioether (sulfide) groups is 1.